The lowest BCUT2D eigenvalue weighted by Gasteiger charge is -2.20. The van der Waals surface area contributed by atoms with E-state index in [4.69, 9.17) is 0 Å². The van der Waals surface area contributed by atoms with Crippen LogP contribution >= 0.6 is 0 Å². The maximum Gasteiger partial charge on any atom is 0.220 e. The first-order valence-corrected chi connectivity index (χ1v) is 9.41. The summed E-state index contributed by atoms with van der Waals surface area (Å²) in [6, 6.07) is 16.0. The van der Waals surface area contributed by atoms with Crippen LogP contribution in [0.2, 0.25) is 0 Å². The number of nitrogens with zero attached hydrogens (tertiary/aromatic N) is 1. The molecule has 27 heavy (non-hydrogen) atoms. The van der Waals surface area contributed by atoms with Crippen molar-refractivity contribution in [1.29, 1.82) is 0 Å². The lowest BCUT2D eigenvalue weighted by atomic mass is 10.0. The van der Waals surface area contributed by atoms with Gasteiger partial charge in [0.2, 0.25) is 5.91 Å². The fourth-order valence-corrected chi connectivity index (χ4v) is 3.50. The zero-order valence-electron chi connectivity index (χ0n) is 15.6. The van der Waals surface area contributed by atoms with Gasteiger partial charge in [-0.2, -0.15) is 0 Å². The Kier molecular flexibility index (Phi) is 4.67. The summed E-state index contributed by atoms with van der Waals surface area (Å²) in [5, 5.41) is 4.34. The van der Waals surface area contributed by atoms with E-state index in [2.05, 4.69) is 46.2 Å². The summed E-state index contributed by atoms with van der Waals surface area (Å²) in [6.45, 7) is 4.19. The summed E-state index contributed by atoms with van der Waals surface area (Å²) < 4.78 is 0. The third-order valence-electron chi connectivity index (χ3n) is 4.98. The molecule has 4 aromatic rings. The number of carbonyl (C=O) groups is 1. The molecule has 2 aromatic heterocycles. The number of para-hydroxylation sites is 3. The number of hydrogen-bond acceptors (Lipinski definition) is 2. The van der Waals surface area contributed by atoms with Crippen LogP contribution in [0.3, 0.4) is 0 Å². The summed E-state index contributed by atoms with van der Waals surface area (Å²) in [4.78, 5) is 23.9. The van der Waals surface area contributed by atoms with Crippen molar-refractivity contribution in [1.82, 2.24) is 20.3 Å². The van der Waals surface area contributed by atoms with Crippen LogP contribution in [0.25, 0.3) is 21.9 Å². The summed E-state index contributed by atoms with van der Waals surface area (Å²) >= 11 is 0. The molecule has 5 nitrogen and oxygen atoms in total. The SMILES string of the molecule is CC(C)[C@H](NC(=O)CCc1c[nH]c2ccccc12)c1nc2ccccc2[nH]1. The Morgan fingerprint density at radius 3 is 2.59 bits per heavy atom. The molecule has 1 amide bonds. The Balaban J connectivity index is 1.46. The van der Waals surface area contributed by atoms with Crippen molar-refractivity contribution in [2.75, 3.05) is 0 Å². The van der Waals surface area contributed by atoms with Crippen LogP contribution in [0.4, 0.5) is 0 Å². The van der Waals surface area contributed by atoms with Gasteiger partial charge >= 0.3 is 0 Å². The molecule has 4 rings (SSSR count). The van der Waals surface area contributed by atoms with Gasteiger partial charge in [0, 0.05) is 23.5 Å². The average Bonchev–Trinajstić information content (AvgIpc) is 3.28. The van der Waals surface area contributed by atoms with E-state index in [9.17, 15) is 4.79 Å². The van der Waals surface area contributed by atoms with Crippen molar-refractivity contribution >= 4 is 27.8 Å². The number of aryl methyl sites for hydroxylation is 1. The Morgan fingerprint density at radius 1 is 1.07 bits per heavy atom. The standard InChI is InChI=1S/C22H24N4O/c1-14(2)21(22-24-18-9-5-6-10-19(18)25-22)26-20(27)12-11-15-13-23-17-8-4-3-7-16(15)17/h3-10,13-14,21,23H,11-12H2,1-2H3,(H,24,25)(H,26,27)/t21-/m0/s1. The predicted molar refractivity (Wildman–Crippen MR) is 108 cm³/mol. The Bertz CT molecular complexity index is 1040. The molecule has 0 saturated heterocycles. The number of fused-ring (bicyclic) bond motifs is 2. The number of hydrogen-bond donors (Lipinski definition) is 3. The molecule has 0 aliphatic heterocycles. The lowest BCUT2D eigenvalue weighted by molar-refractivity contribution is -0.122. The highest BCUT2D eigenvalue weighted by atomic mass is 16.1. The number of imidazole rings is 1. The van der Waals surface area contributed by atoms with E-state index < -0.39 is 0 Å². The van der Waals surface area contributed by atoms with Crippen LogP contribution < -0.4 is 5.32 Å². The molecule has 3 N–H and O–H groups in total. The van der Waals surface area contributed by atoms with Crippen molar-refractivity contribution in [3.63, 3.8) is 0 Å². The quantitative estimate of drug-likeness (QED) is 0.474. The molecule has 0 aliphatic rings. The largest absolute Gasteiger partial charge is 0.361 e. The summed E-state index contributed by atoms with van der Waals surface area (Å²) in [5.41, 5.74) is 4.19. The van der Waals surface area contributed by atoms with E-state index in [1.54, 1.807) is 0 Å². The number of H-pyrrole nitrogens is 2. The van der Waals surface area contributed by atoms with Gasteiger partial charge in [-0.15, -0.1) is 0 Å². The van der Waals surface area contributed by atoms with Crippen molar-refractivity contribution in [3.05, 3.63) is 66.1 Å². The van der Waals surface area contributed by atoms with Crippen LogP contribution in [0, 0.1) is 5.92 Å². The van der Waals surface area contributed by atoms with Gasteiger partial charge in [-0.1, -0.05) is 44.2 Å². The second-order valence-electron chi connectivity index (χ2n) is 7.29. The van der Waals surface area contributed by atoms with E-state index in [1.165, 1.54) is 10.9 Å². The monoisotopic (exact) mass is 360 g/mol. The number of amides is 1. The smallest absolute Gasteiger partial charge is 0.220 e. The molecule has 2 aromatic carbocycles. The van der Waals surface area contributed by atoms with E-state index in [-0.39, 0.29) is 17.9 Å². The lowest BCUT2D eigenvalue weighted by Crippen LogP contribution is -2.32. The van der Waals surface area contributed by atoms with Crippen molar-refractivity contribution < 1.29 is 4.79 Å². The van der Waals surface area contributed by atoms with Gasteiger partial charge in [0.05, 0.1) is 17.1 Å². The number of nitrogens with one attached hydrogen (secondary N) is 3. The molecule has 2 heterocycles. The molecular formula is C22H24N4O. The second-order valence-corrected chi connectivity index (χ2v) is 7.29. The molecule has 0 aliphatic carbocycles. The molecule has 5 heteroatoms. The van der Waals surface area contributed by atoms with Crippen molar-refractivity contribution in [3.8, 4) is 0 Å². The van der Waals surface area contributed by atoms with Gasteiger partial charge in [0.15, 0.2) is 0 Å². The molecule has 0 bridgehead atoms. The molecule has 0 saturated carbocycles. The van der Waals surface area contributed by atoms with Crippen molar-refractivity contribution in [2.24, 2.45) is 5.92 Å². The number of benzene rings is 2. The highest BCUT2D eigenvalue weighted by Crippen LogP contribution is 2.23. The van der Waals surface area contributed by atoms with E-state index in [0.717, 1.165) is 22.4 Å². The van der Waals surface area contributed by atoms with Gasteiger partial charge < -0.3 is 15.3 Å². The zero-order chi connectivity index (χ0) is 18.8. The van der Waals surface area contributed by atoms with Gasteiger partial charge in [-0.3, -0.25) is 4.79 Å². The highest BCUT2D eigenvalue weighted by molar-refractivity contribution is 5.84. The minimum absolute atomic E-state index is 0.0411. The van der Waals surface area contributed by atoms with E-state index in [0.29, 0.717) is 12.8 Å². The van der Waals surface area contributed by atoms with Crippen LogP contribution in [0.5, 0.6) is 0 Å². The van der Waals surface area contributed by atoms with Crippen LogP contribution in [-0.4, -0.2) is 20.9 Å². The number of carbonyl (C=O) groups excluding carboxylic acids is 1. The molecule has 0 unspecified atom stereocenters. The second kappa shape index (κ2) is 7.27. The van der Waals surface area contributed by atoms with Gasteiger partial charge in [-0.25, -0.2) is 4.98 Å². The number of aromatic amines is 2. The summed E-state index contributed by atoms with van der Waals surface area (Å²) in [7, 11) is 0. The van der Waals surface area contributed by atoms with Crippen molar-refractivity contribution in [2.45, 2.75) is 32.7 Å². The first-order chi connectivity index (χ1) is 13.1. The predicted octanol–water partition coefficient (Wildman–Crippen LogP) is 4.49. The minimum Gasteiger partial charge on any atom is -0.361 e. The topological polar surface area (TPSA) is 73.6 Å². The molecular weight excluding hydrogens is 336 g/mol. The Hall–Kier alpha value is -3.08. The normalized spacial score (nSPS) is 12.7. The first kappa shape index (κ1) is 17.3. The summed E-state index contributed by atoms with van der Waals surface area (Å²) in [6.07, 6.45) is 3.16. The fraction of sp³-hybridized carbons (Fsp3) is 0.273. The molecule has 1 atom stereocenters. The highest BCUT2D eigenvalue weighted by Gasteiger charge is 2.21. The molecule has 0 fully saturated rings. The van der Waals surface area contributed by atoms with Gasteiger partial charge in [0.1, 0.15) is 5.82 Å². The number of rotatable bonds is 6. The van der Waals surface area contributed by atoms with Crippen LogP contribution in [0.1, 0.15) is 37.7 Å². The Morgan fingerprint density at radius 2 is 1.81 bits per heavy atom. The van der Waals surface area contributed by atoms with Gasteiger partial charge in [0.25, 0.3) is 0 Å². The maximum absolute atomic E-state index is 12.6. The van der Waals surface area contributed by atoms with Gasteiger partial charge in [-0.05, 0) is 36.1 Å². The molecule has 0 spiro atoms. The first-order valence-electron chi connectivity index (χ1n) is 9.41. The average molecular weight is 360 g/mol. The zero-order valence-corrected chi connectivity index (χ0v) is 15.6. The number of aromatic nitrogens is 3. The van der Waals surface area contributed by atoms with Crippen LogP contribution in [0.15, 0.2) is 54.7 Å². The van der Waals surface area contributed by atoms with E-state index >= 15 is 0 Å². The maximum atomic E-state index is 12.6. The summed E-state index contributed by atoms with van der Waals surface area (Å²) in [5.74, 6) is 1.09. The van der Waals surface area contributed by atoms with E-state index in [1.807, 2.05) is 42.6 Å². The third-order valence-corrected chi connectivity index (χ3v) is 4.98. The van der Waals surface area contributed by atoms with Crippen LogP contribution in [-0.2, 0) is 11.2 Å². The minimum atomic E-state index is -0.132. The molecule has 0 radical (unpaired) electrons. The third kappa shape index (κ3) is 3.58. The molecule has 138 valence electrons. The fourth-order valence-electron chi connectivity index (χ4n) is 3.50. The Labute approximate surface area is 158 Å².